The van der Waals surface area contributed by atoms with E-state index in [1.165, 1.54) is 22.5 Å². The van der Waals surface area contributed by atoms with Gasteiger partial charge in [-0.1, -0.05) is 31.5 Å². The van der Waals surface area contributed by atoms with Gasteiger partial charge in [0, 0.05) is 5.69 Å². The Bertz CT molecular complexity index is 538. The lowest BCUT2D eigenvalue weighted by molar-refractivity contribution is 0.792. The van der Waals surface area contributed by atoms with Crippen molar-refractivity contribution < 1.29 is 0 Å². The molecule has 1 aromatic heterocycles. The van der Waals surface area contributed by atoms with E-state index >= 15 is 0 Å². The zero-order valence-electron chi connectivity index (χ0n) is 12.1. The summed E-state index contributed by atoms with van der Waals surface area (Å²) in [4.78, 5) is 0. The third-order valence-corrected chi connectivity index (χ3v) is 3.52. The van der Waals surface area contributed by atoms with E-state index in [9.17, 15) is 0 Å². The maximum absolute atomic E-state index is 5.74. The SMILES string of the molecule is CCc1nn(-c2ccc(C)cc2)c(CC)c1CCN. The predicted octanol–water partition coefficient (Wildman–Crippen LogP) is 2.81. The summed E-state index contributed by atoms with van der Waals surface area (Å²) in [6.07, 6.45) is 2.86. The largest absolute Gasteiger partial charge is 0.330 e. The van der Waals surface area contributed by atoms with Crippen LogP contribution in [0, 0.1) is 6.92 Å². The van der Waals surface area contributed by atoms with Crippen molar-refractivity contribution in [1.29, 1.82) is 0 Å². The first-order chi connectivity index (χ1) is 9.21. The summed E-state index contributed by atoms with van der Waals surface area (Å²) in [5, 5.41) is 4.78. The maximum Gasteiger partial charge on any atom is 0.0661 e. The van der Waals surface area contributed by atoms with Crippen LogP contribution < -0.4 is 5.73 Å². The summed E-state index contributed by atoms with van der Waals surface area (Å²) in [6, 6.07) is 8.52. The predicted molar refractivity (Wildman–Crippen MR) is 79.8 cm³/mol. The van der Waals surface area contributed by atoms with Crippen LogP contribution in [0.15, 0.2) is 24.3 Å². The topological polar surface area (TPSA) is 43.8 Å². The van der Waals surface area contributed by atoms with Gasteiger partial charge in [0.2, 0.25) is 0 Å². The van der Waals surface area contributed by atoms with Crippen LogP contribution in [-0.2, 0) is 19.3 Å². The van der Waals surface area contributed by atoms with Gasteiger partial charge in [-0.15, -0.1) is 0 Å². The Kier molecular flexibility index (Phi) is 4.38. The Hall–Kier alpha value is -1.61. The number of rotatable bonds is 5. The van der Waals surface area contributed by atoms with Gasteiger partial charge in [0.1, 0.15) is 0 Å². The third kappa shape index (κ3) is 2.71. The zero-order chi connectivity index (χ0) is 13.8. The second kappa shape index (κ2) is 6.02. The average Bonchev–Trinajstić information content (AvgIpc) is 2.78. The highest BCUT2D eigenvalue weighted by atomic mass is 15.3. The first-order valence-corrected chi connectivity index (χ1v) is 7.08. The third-order valence-electron chi connectivity index (χ3n) is 3.52. The molecule has 1 heterocycles. The fourth-order valence-electron chi connectivity index (χ4n) is 2.52. The number of benzene rings is 1. The molecule has 2 aromatic rings. The van der Waals surface area contributed by atoms with Gasteiger partial charge in [-0.25, -0.2) is 4.68 Å². The van der Waals surface area contributed by atoms with E-state index in [0.717, 1.165) is 24.9 Å². The summed E-state index contributed by atoms with van der Waals surface area (Å²) >= 11 is 0. The molecule has 102 valence electrons. The molecule has 0 saturated carbocycles. The number of aryl methyl sites for hydroxylation is 2. The molecule has 0 saturated heterocycles. The van der Waals surface area contributed by atoms with Gasteiger partial charge in [0.25, 0.3) is 0 Å². The van der Waals surface area contributed by atoms with E-state index in [1.807, 2.05) is 0 Å². The molecule has 2 rings (SSSR count). The number of hydrogen-bond donors (Lipinski definition) is 1. The number of nitrogens with two attached hydrogens (primary N) is 1. The molecule has 0 amide bonds. The van der Waals surface area contributed by atoms with E-state index in [2.05, 4.69) is 49.7 Å². The Morgan fingerprint density at radius 2 is 1.79 bits per heavy atom. The van der Waals surface area contributed by atoms with Crippen LogP contribution in [0.2, 0.25) is 0 Å². The van der Waals surface area contributed by atoms with Crippen molar-refractivity contribution in [2.75, 3.05) is 6.54 Å². The smallest absolute Gasteiger partial charge is 0.0661 e. The second-order valence-corrected chi connectivity index (χ2v) is 4.87. The fourth-order valence-corrected chi connectivity index (χ4v) is 2.52. The Morgan fingerprint density at radius 3 is 2.32 bits per heavy atom. The van der Waals surface area contributed by atoms with Gasteiger partial charge >= 0.3 is 0 Å². The van der Waals surface area contributed by atoms with Crippen LogP contribution in [0.5, 0.6) is 0 Å². The lowest BCUT2D eigenvalue weighted by Gasteiger charge is -2.08. The molecule has 0 aliphatic rings. The van der Waals surface area contributed by atoms with Crippen molar-refractivity contribution >= 4 is 0 Å². The number of nitrogens with zero attached hydrogens (tertiary/aromatic N) is 2. The Balaban J connectivity index is 2.53. The summed E-state index contributed by atoms with van der Waals surface area (Å²) < 4.78 is 2.09. The lowest BCUT2D eigenvalue weighted by atomic mass is 10.1. The van der Waals surface area contributed by atoms with Gasteiger partial charge in [-0.05, 0) is 50.4 Å². The van der Waals surface area contributed by atoms with Gasteiger partial charge in [-0.2, -0.15) is 5.10 Å². The summed E-state index contributed by atoms with van der Waals surface area (Å²) in [7, 11) is 0. The molecule has 0 fully saturated rings. The number of hydrogen-bond acceptors (Lipinski definition) is 2. The monoisotopic (exact) mass is 257 g/mol. The molecule has 3 heteroatoms. The van der Waals surface area contributed by atoms with Crippen LogP contribution >= 0.6 is 0 Å². The normalized spacial score (nSPS) is 10.9. The molecule has 0 aliphatic carbocycles. The minimum atomic E-state index is 0.680. The Morgan fingerprint density at radius 1 is 1.11 bits per heavy atom. The molecule has 3 nitrogen and oxygen atoms in total. The van der Waals surface area contributed by atoms with E-state index in [-0.39, 0.29) is 0 Å². The van der Waals surface area contributed by atoms with Crippen LogP contribution in [-0.4, -0.2) is 16.3 Å². The van der Waals surface area contributed by atoms with Crippen LogP contribution in [0.25, 0.3) is 5.69 Å². The zero-order valence-corrected chi connectivity index (χ0v) is 12.1. The Labute approximate surface area is 115 Å². The van der Waals surface area contributed by atoms with Gasteiger partial charge in [0.15, 0.2) is 0 Å². The standard InChI is InChI=1S/C16H23N3/c1-4-15-14(10-11-17)16(5-2)19(18-15)13-8-6-12(3)7-9-13/h6-9H,4-5,10-11,17H2,1-3H3. The molecule has 0 atom stereocenters. The molecular formula is C16H23N3. The first kappa shape index (κ1) is 13.8. The highest BCUT2D eigenvalue weighted by molar-refractivity contribution is 5.39. The summed E-state index contributed by atoms with van der Waals surface area (Å²) in [5.74, 6) is 0. The maximum atomic E-state index is 5.74. The van der Waals surface area contributed by atoms with Crippen molar-refractivity contribution in [3.63, 3.8) is 0 Å². The van der Waals surface area contributed by atoms with Crippen molar-refractivity contribution in [3.8, 4) is 5.69 Å². The van der Waals surface area contributed by atoms with Gasteiger partial charge < -0.3 is 5.73 Å². The van der Waals surface area contributed by atoms with Gasteiger partial charge in [0.05, 0.1) is 11.4 Å². The molecule has 0 bridgehead atoms. The van der Waals surface area contributed by atoms with Crippen LogP contribution in [0.3, 0.4) is 0 Å². The molecule has 19 heavy (non-hydrogen) atoms. The second-order valence-electron chi connectivity index (χ2n) is 4.87. The van der Waals surface area contributed by atoms with E-state index in [1.54, 1.807) is 0 Å². The van der Waals surface area contributed by atoms with Crippen molar-refractivity contribution in [1.82, 2.24) is 9.78 Å². The molecule has 0 aliphatic heterocycles. The molecule has 0 radical (unpaired) electrons. The first-order valence-electron chi connectivity index (χ1n) is 7.08. The van der Waals surface area contributed by atoms with E-state index < -0.39 is 0 Å². The van der Waals surface area contributed by atoms with Crippen molar-refractivity contribution in [2.24, 2.45) is 5.73 Å². The number of aromatic nitrogens is 2. The van der Waals surface area contributed by atoms with Crippen LogP contribution in [0.1, 0.15) is 36.4 Å². The van der Waals surface area contributed by atoms with Crippen LogP contribution in [0.4, 0.5) is 0 Å². The van der Waals surface area contributed by atoms with Crippen molar-refractivity contribution in [3.05, 3.63) is 46.8 Å². The quantitative estimate of drug-likeness (QED) is 0.895. The molecule has 1 aromatic carbocycles. The molecule has 0 unspecified atom stereocenters. The van der Waals surface area contributed by atoms with E-state index in [4.69, 9.17) is 10.8 Å². The lowest BCUT2D eigenvalue weighted by Crippen LogP contribution is -2.07. The van der Waals surface area contributed by atoms with E-state index in [0.29, 0.717) is 6.54 Å². The average molecular weight is 257 g/mol. The minimum absolute atomic E-state index is 0.680. The molecule has 0 spiro atoms. The molecule has 2 N–H and O–H groups in total. The fraction of sp³-hybridized carbons (Fsp3) is 0.438. The summed E-state index contributed by atoms with van der Waals surface area (Å²) in [5.41, 5.74) is 12.0. The van der Waals surface area contributed by atoms with Gasteiger partial charge in [-0.3, -0.25) is 0 Å². The molecular weight excluding hydrogens is 234 g/mol. The van der Waals surface area contributed by atoms with Crippen molar-refractivity contribution in [2.45, 2.75) is 40.0 Å². The minimum Gasteiger partial charge on any atom is -0.330 e. The highest BCUT2D eigenvalue weighted by Crippen LogP contribution is 2.21. The highest BCUT2D eigenvalue weighted by Gasteiger charge is 2.15. The summed E-state index contributed by atoms with van der Waals surface area (Å²) in [6.45, 7) is 7.12.